The average Bonchev–Trinajstić information content (AvgIpc) is 2.65. The van der Waals surface area contributed by atoms with Crippen molar-refractivity contribution in [1.29, 1.82) is 5.26 Å². The number of anilines is 1. The van der Waals surface area contributed by atoms with Gasteiger partial charge in [0.25, 0.3) is 0 Å². The molecule has 80 valence electrons. The molecule has 15 heavy (non-hydrogen) atoms. The number of aryl methyl sites for hydroxylation is 1. The molecule has 0 fully saturated rings. The van der Waals surface area contributed by atoms with Gasteiger partial charge in [-0.15, -0.1) is 11.8 Å². The van der Waals surface area contributed by atoms with Crippen LogP contribution < -0.4 is 5.32 Å². The summed E-state index contributed by atoms with van der Waals surface area (Å²) in [6.45, 7) is 1.99. The maximum Gasteiger partial charge on any atom is 0.235 e. The highest BCUT2D eigenvalue weighted by molar-refractivity contribution is 8.00. The number of nitrogens with zero attached hydrogens (tertiary/aromatic N) is 2. The Morgan fingerprint density at radius 1 is 1.80 bits per heavy atom. The monoisotopic (exact) mass is 224 g/mol. The number of H-pyrrole nitrogens is 1. The summed E-state index contributed by atoms with van der Waals surface area (Å²) in [5, 5.41) is 17.6. The minimum Gasteiger partial charge on any atom is -0.310 e. The van der Waals surface area contributed by atoms with Gasteiger partial charge in [0, 0.05) is 5.56 Å². The molecule has 6 heteroatoms. The molecule has 1 aromatic rings. The minimum absolute atomic E-state index is 0.116. The molecule has 1 aromatic heterocycles. The lowest BCUT2D eigenvalue weighted by molar-refractivity contribution is -0.113. The fourth-order valence-corrected chi connectivity index (χ4v) is 1.50. The van der Waals surface area contributed by atoms with Crippen LogP contribution in [0.15, 0.2) is 6.20 Å². The van der Waals surface area contributed by atoms with Crippen LogP contribution in [0.2, 0.25) is 0 Å². The maximum atomic E-state index is 11.4. The lowest BCUT2D eigenvalue weighted by atomic mass is 10.2. The zero-order valence-corrected chi connectivity index (χ0v) is 9.23. The molecule has 0 aliphatic heterocycles. The number of nitrogens with one attached hydrogen (secondary N) is 2. The van der Waals surface area contributed by atoms with Gasteiger partial charge in [0.1, 0.15) is 5.82 Å². The van der Waals surface area contributed by atoms with Crippen molar-refractivity contribution in [3.63, 3.8) is 0 Å². The highest BCUT2D eigenvalue weighted by atomic mass is 32.2. The number of carbonyl (C=O) groups excluding carboxylic acids is 1. The second kappa shape index (κ2) is 6.09. The molecule has 0 aromatic carbocycles. The van der Waals surface area contributed by atoms with Gasteiger partial charge in [0.05, 0.1) is 23.8 Å². The topological polar surface area (TPSA) is 81.6 Å². The van der Waals surface area contributed by atoms with Crippen molar-refractivity contribution in [2.24, 2.45) is 0 Å². The van der Waals surface area contributed by atoms with Crippen molar-refractivity contribution in [1.82, 2.24) is 10.2 Å². The first kappa shape index (κ1) is 11.6. The first-order valence-electron chi connectivity index (χ1n) is 4.54. The van der Waals surface area contributed by atoms with E-state index in [2.05, 4.69) is 15.5 Å². The van der Waals surface area contributed by atoms with E-state index in [0.29, 0.717) is 11.6 Å². The summed E-state index contributed by atoms with van der Waals surface area (Å²) in [6.07, 6.45) is 2.51. The van der Waals surface area contributed by atoms with E-state index in [9.17, 15) is 4.79 Å². The van der Waals surface area contributed by atoms with E-state index in [-0.39, 0.29) is 11.7 Å². The van der Waals surface area contributed by atoms with Crippen LogP contribution in [-0.2, 0) is 11.2 Å². The molecule has 0 bridgehead atoms. The number of carbonyl (C=O) groups is 1. The molecule has 1 heterocycles. The quantitative estimate of drug-likeness (QED) is 0.735. The summed E-state index contributed by atoms with van der Waals surface area (Å²) in [7, 11) is 0. The van der Waals surface area contributed by atoms with Crippen LogP contribution in [0.1, 0.15) is 12.5 Å². The first-order chi connectivity index (χ1) is 7.27. The van der Waals surface area contributed by atoms with Gasteiger partial charge in [-0.25, -0.2) is 0 Å². The molecular weight excluding hydrogens is 212 g/mol. The number of thioether (sulfide) groups is 1. The van der Waals surface area contributed by atoms with Crippen LogP contribution in [0.3, 0.4) is 0 Å². The summed E-state index contributed by atoms with van der Waals surface area (Å²) in [4.78, 5) is 11.4. The number of aromatic nitrogens is 2. The highest BCUT2D eigenvalue weighted by Crippen LogP contribution is 2.11. The van der Waals surface area contributed by atoms with Gasteiger partial charge in [-0.05, 0) is 6.42 Å². The van der Waals surface area contributed by atoms with E-state index in [1.165, 1.54) is 11.8 Å². The maximum absolute atomic E-state index is 11.4. The summed E-state index contributed by atoms with van der Waals surface area (Å²) in [5.74, 6) is 1.15. The third kappa shape index (κ3) is 3.64. The van der Waals surface area contributed by atoms with E-state index in [1.807, 2.05) is 13.0 Å². The number of nitriles is 1. The van der Waals surface area contributed by atoms with Gasteiger partial charge in [-0.1, -0.05) is 6.92 Å². The Balaban J connectivity index is 2.41. The summed E-state index contributed by atoms with van der Waals surface area (Å²) >= 11 is 1.29. The molecule has 0 aliphatic rings. The largest absolute Gasteiger partial charge is 0.310 e. The van der Waals surface area contributed by atoms with Crippen LogP contribution in [0, 0.1) is 11.3 Å². The van der Waals surface area contributed by atoms with Gasteiger partial charge >= 0.3 is 0 Å². The van der Waals surface area contributed by atoms with Crippen molar-refractivity contribution < 1.29 is 4.79 Å². The number of hydrogen-bond donors (Lipinski definition) is 2. The fraction of sp³-hybridized carbons (Fsp3) is 0.444. The van der Waals surface area contributed by atoms with E-state index in [4.69, 9.17) is 5.26 Å². The summed E-state index contributed by atoms with van der Waals surface area (Å²) in [6, 6.07) is 1.97. The van der Waals surface area contributed by atoms with Gasteiger partial charge in [-0.3, -0.25) is 9.89 Å². The molecule has 1 rings (SSSR count). The van der Waals surface area contributed by atoms with Gasteiger partial charge in [-0.2, -0.15) is 10.4 Å². The molecule has 2 N–H and O–H groups in total. The van der Waals surface area contributed by atoms with Crippen molar-refractivity contribution in [3.8, 4) is 6.07 Å². The summed E-state index contributed by atoms with van der Waals surface area (Å²) in [5.41, 5.74) is 0.980. The van der Waals surface area contributed by atoms with E-state index in [1.54, 1.807) is 6.20 Å². The normalized spacial score (nSPS) is 9.60. The molecular formula is C9H12N4OS. The third-order valence-electron chi connectivity index (χ3n) is 1.76. The lowest BCUT2D eigenvalue weighted by Crippen LogP contribution is -2.15. The Bertz CT molecular complexity index is 368. The number of aromatic amines is 1. The number of hydrogen-bond acceptors (Lipinski definition) is 4. The fourth-order valence-electron chi connectivity index (χ4n) is 1.05. The Labute approximate surface area is 92.2 Å². The SMILES string of the molecule is CCc1cn[nH]c1NC(=O)CSCC#N. The third-order valence-corrected chi connectivity index (χ3v) is 2.56. The molecule has 1 amide bonds. The lowest BCUT2D eigenvalue weighted by Gasteiger charge is -2.02. The van der Waals surface area contributed by atoms with Crippen LogP contribution in [0.5, 0.6) is 0 Å². The Morgan fingerprint density at radius 3 is 3.27 bits per heavy atom. The highest BCUT2D eigenvalue weighted by Gasteiger charge is 2.07. The second-order valence-electron chi connectivity index (χ2n) is 2.82. The second-order valence-corrected chi connectivity index (χ2v) is 3.81. The van der Waals surface area contributed by atoms with Crippen LogP contribution in [0.25, 0.3) is 0 Å². The molecule has 0 spiro atoms. The van der Waals surface area contributed by atoms with Crippen molar-refractivity contribution in [3.05, 3.63) is 11.8 Å². The molecule has 0 saturated heterocycles. The molecule has 0 unspecified atom stereocenters. The predicted molar refractivity (Wildman–Crippen MR) is 59.5 cm³/mol. The standard InChI is InChI=1S/C9H12N4OS/c1-2-7-5-11-13-9(7)12-8(14)6-15-4-3-10/h5H,2,4,6H2,1H3,(H2,11,12,13,14). The molecule has 0 radical (unpaired) electrons. The van der Waals surface area contributed by atoms with E-state index >= 15 is 0 Å². The molecule has 0 aliphatic carbocycles. The van der Waals surface area contributed by atoms with Crippen molar-refractivity contribution in [2.45, 2.75) is 13.3 Å². The zero-order valence-electron chi connectivity index (χ0n) is 8.41. The minimum atomic E-state index is -0.116. The zero-order chi connectivity index (χ0) is 11.1. The number of amides is 1. The molecule has 5 nitrogen and oxygen atoms in total. The van der Waals surface area contributed by atoms with Gasteiger partial charge < -0.3 is 5.32 Å². The Morgan fingerprint density at radius 2 is 2.60 bits per heavy atom. The van der Waals surface area contributed by atoms with Crippen molar-refractivity contribution >= 4 is 23.5 Å². The van der Waals surface area contributed by atoms with Crippen LogP contribution in [0.4, 0.5) is 5.82 Å². The predicted octanol–water partition coefficient (Wildman–Crippen LogP) is 1.17. The Kier molecular flexibility index (Phi) is 4.71. The average molecular weight is 224 g/mol. The van der Waals surface area contributed by atoms with Crippen LogP contribution >= 0.6 is 11.8 Å². The first-order valence-corrected chi connectivity index (χ1v) is 5.70. The van der Waals surface area contributed by atoms with Crippen molar-refractivity contribution in [2.75, 3.05) is 16.8 Å². The number of rotatable bonds is 5. The Hall–Kier alpha value is -1.48. The molecule has 0 atom stereocenters. The van der Waals surface area contributed by atoms with Gasteiger partial charge in [0.2, 0.25) is 5.91 Å². The smallest absolute Gasteiger partial charge is 0.235 e. The molecule has 0 saturated carbocycles. The van der Waals surface area contributed by atoms with Crippen LogP contribution in [-0.4, -0.2) is 27.6 Å². The summed E-state index contributed by atoms with van der Waals surface area (Å²) < 4.78 is 0. The van der Waals surface area contributed by atoms with E-state index < -0.39 is 0 Å². The van der Waals surface area contributed by atoms with E-state index in [0.717, 1.165) is 12.0 Å². The van der Waals surface area contributed by atoms with Gasteiger partial charge in [0.15, 0.2) is 0 Å².